The van der Waals surface area contributed by atoms with Gasteiger partial charge in [0.25, 0.3) is 0 Å². The normalized spacial score (nSPS) is 12.9. The molecule has 0 spiro atoms. The van der Waals surface area contributed by atoms with Crippen LogP contribution in [0, 0.1) is 24.3 Å². The number of benzene rings is 16. The van der Waals surface area contributed by atoms with E-state index >= 15 is 0 Å². The summed E-state index contributed by atoms with van der Waals surface area (Å²) in [5.74, 6) is -0.125. The fraction of sp³-hybridized carbons (Fsp3) is 0.0339. The summed E-state index contributed by atoms with van der Waals surface area (Å²) in [5, 5.41) is 21.4. The molecule has 0 aliphatic carbocycles. The number of aliphatic hydroxyl groups excluding tert-OH is 2. The van der Waals surface area contributed by atoms with Crippen molar-refractivity contribution in [2.24, 2.45) is 0 Å². The predicted octanol–water partition coefficient (Wildman–Crippen LogP) is 28.6. The van der Waals surface area contributed by atoms with Crippen LogP contribution in [0.2, 0.25) is 0 Å². The number of hydrogen-bond donors (Lipinski definition) is 2. The van der Waals surface area contributed by atoms with Gasteiger partial charge in [-0.25, -0.2) is 0 Å². The molecule has 696 valence electrons. The molecule has 142 heavy (non-hydrogen) atoms. The molecule has 28 rings (SSSR count). The molecule has 4 aromatic heterocycles. The largest absolute Gasteiger partial charge is 0.512 e. The third kappa shape index (κ3) is 19.9. The van der Waals surface area contributed by atoms with Crippen molar-refractivity contribution in [3.05, 3.63) is 412 Å². The standard InChI is InChI=1S/2C27H15BNS2.2C27H15N2S2.2C5H8O2.4Ir/c2*1-4-10-21-17(7-1)13-14-22(29-21)18-15-25-27-26(16-18)31-24-12-6-3-9-20(24)28(27)19-8-2-5-11-23(19)30-25;2*1-2-8-19-17(7-1)13-14-20(28-19)18-15-25-27-26(16-18)31-24-12-6-4-10-22(24)29(27)21-9-3-5-11-23(21)30-25;2*1-4(6)3-5(2)7;;;;/h4*1-15H;2*3,6H,1-2H3;;;;/q4*-1;;;;;;. The van der Waals surface area contributed by atoms with Crippen molar-refractivity contribution >= 4 is 230 Å². The van der Waals surface area contributed by atoms with E-state index in [-0.39, 0.29) is 117 Å². The number of aliphatic hydroxyl groups is 2. The average molecular weight is 2690 g/mol. The van der Waals surface area contributed by atoms with E-state index in [1.54, 1.807) is 23.5 Å². The Hall–Kier alpha value is -11.3. The van der Waals surface area contributed by atoms with E-state index in [1.807, 2.05) is 94.8 Å². The van der Waals surface area contributed by atoms with E-state index in [2.05, 4.69) is 374 Å². The summed E-state index contributed by atoms with van der Waals surface area (Å²) in [6, 6.07) is 144. The number of fused-ring (bicyclic) bond motifs is 20. The van der Waals surface area contributed by atoms with Crippen molar-refractivity contribution in [1.82, 2.24) is 19.9 Å². The average Bonchev–Trinajstić information content (AvgIpc) is 0.735. The number of carbonyl (C=O) groups is 2. The molecular weight excluding hydrogens is 2610 g/mol. The predicted molar refractivity (Wildman–Crippen MR) is 576 cm³/mol. The van der Waals surface area contributed by atoms with Crippen LogP contribution in [-0.4, -0.2) is 55.1 Å². The van der Waals surface area contributed by atoms with Gasteiger partial charge in [0.15, 0.2) is 25.0 Å². The maximum Gasteiger partial charge on any atom is 0.195 e. The molecule has 8 aliphatic heterocycles. The van der Waals surface area contributed by atoms with E-state index in [0.29, 0.717) is 0 Å². The van der Waals surface area contributed by atoms with Crippen LogP contribution in [0.4, 0.5) is 34.1 Å². The number of anilines is 6. The Labute approximate surface area is 912 Å². The SMILES string of the molecule is CC(=O)C=C(C)O.CC(=O)C=C(C)O.[Ir].[Ir].[Ir].[Ir].[c-]1c(-c2ccc3ccccc3n2)cc2c3c1Sc1ccccc1B3c1ccccc1S2.[c-]1c(-c2ccc3ccccc3n2)cc2c3c1Sc1ccccc1B3c1ccccc1S2.[c-]1c(-c2ccc3ccccc3n2)cc2c3c1Sc1ccccc1N3c1ccccc1S2.[c-]1c(-c2ccc3ccccc3n2)cc2c3c1Sc1ccccc1N3c1ccccc1S2. The van der Waals surface area contributed by atoms with Crippen molar-refractivity contribution in [3.63, 3.8) is 0 Å². The number of allylic oxidation sites excluding steroid dienone is 4. The van der Waals surface area contributed by atoms with Crippen LogP contribution in [0.1, 0.15) is 27.7 Å². The molecule has 2 N–H and O–H groups in total. The summed E-state index contributed by atoms with van der Waals surface area (Å²) in [4.78, 5) is 64.9. The Morgan fingerprint density at radius 1 is 0.261 bits per heavy atom. The smallest absolute Gasteiger partial charge is 0.195 e. The van der Waals surface area contributed by atoms with Crippen LogP contribution < -0.4 is 42.6 Å². The molecular formula is C118H76B2Ir4N6O4S8-4. The molecule has 0 fully saturated rings. The van der Waals surface area contributed by atoms with Gasteiger partial charge in [-0.1, -0.05) is 284 Å². The van der Waals surface area contributed by atoms with Gasteiger partial charge in [0, 0.05) is 132 Å². The molecule has 0 amide bonds. The fourth-order valence-electron chi connectivity index (χ4n) is 18.5. The molecule has 16 aromatic carbocycles. The van der Waals surface area contributed by atoms with Gasteiger partial charge < -0.3 is 20.0 Å². The quantitative estimate of drug-likeness (QED) is 0.0707. The van der Waals surface area contributed by atoms with Crippen LogP contribution in [0.15, 0.2) is 466 Å². The zero-order valence-corrected chi connectivity index (χ0v) is 92.1. The molecule has 4 radical (unpaired) electrons. The summed E-state index contributed by atoms with van der Waals surface area (Å²) in [6.45, 7) is 6.24. The molecule has 0 bridgehead atoms. The Morgan fingerprint density at radius 3 is 0.768 bits per heavy atom. The minimum atomic E-state index is -0.125. The van der Waals surface area contributed by atoms with Gasteiger partial charge in [-0.05, 0) is 200 Å². The molecule has 20 aromatic rings. The Bertz CT molecular complexity index is 7260. The first-order chi connectivity index (χ1) is 67.6. The summed E-state index contributed by atoms with van der Waals surface area (Å²) < 4.78 is 0. The first kappa shape index (κ1) is 99.4. The molecule has 0 saturated carbocycles. The van der Waals surface area contributed by atoms with Crippen molar-refractivity contribution in [2.45, 2.75) is 106 Å². The second-order valence-corrected chi connectivity index (χ2v) is 42.3. The summed E-state index contributed by atoms with van der Waals surface area (Å²) in [7, 11) is 0. The number of nitrogens with zero attached hydrogens (tertiary/aromatic N) is 6. The van der Waals surface area contributed by atoms with E-state index < -0.39 is 0 Å². The third-order valence-corrected chi connectivity index (χ3v) is 33.3. The number of para-hydroxylation sites is 8. The molecule has 0 saturated heterocycles. The van der Waals surface area contributed by atoms with E-state index in [0.717, 1.165) is 98.4 Å². The number of hydrogen-bond acceptors (Lipinski definition) is 18. The summed E-state index contributed by atoms with van der Waals surface area (Å²) in [6.07, 6.45) is 2.33. The number of aromatic nitrogens is 4. The monoisotopic (exact) mass is 2690 g/mol. The van der Waals surface area contributed by atoms with E-state index in [4.69, 9.17) is 30.1 Å². The molecule has 24 heteroatoms. The number of pyridine rings is 4. The van der Waals surface area contributed by atoms with Gasteiger partial charge in [-0.2, -0.15) is 0 Å². The van der Waals surface area contributed by atoms with Gasteiger partial charge in [-0.3, -0.25) is 29.5 Å². The maximum atomic E-state index is 10.0. The molecule has 12 heterocycles. The Balaban J connectivity index is 0.000000114. The second kappa shape index (κ2) is 43.3. The van der Waals surface area contributed by atoms with Crippen LogP contribution in [0.3, 0.4) is 0 Å². The van der Waals surface area contributed by atoms with Gasteiger partial charge in [0.05, 0.1) is 56.3 Å². The molecule has 0 atom stereocenters. The molecule has 8 aliphatic rings. The van der Waals surface area contributed by atoms with E-state index in [1.165, 1.54) is 175 Å². The molecule has 0 unspecified atom stereocenters. The zero-order valence-electron chi connectivity index (χ0n) is 75.9. The minimum Gasteiger partial charge on any atom is -0.512 e. The fourth-order valence-corrected chi connectivity index (χ4v) is 27.9. The topological polar surface area (TPSA) is 133 Å². The minimum absolute atomic E-state index is 0. The van der Waals surface area contributed by atoms with Crippen molar-refractivity contribution in [3.8, 4) is 45.0 Å². The van der Waals surface area contributed by atoms with Crippen molar-refractivity contribution < 1.29 is 100 Å². The number of ketones is 2. The van der Waals surface area contributed by atoms with Crippen LogP contribution in [0.5, 0.6) is 0 Å². The number of carbonyl (C=O) groups excluding carboxylic acids is 2. The van der Waals surface area contributed by atoms with Gasteiger partial charge in [0.1, 0.15) is 0 Å². The Kier molecular flexibility index (Phi) is 30.3. The first-order valence-corrected chi connectivity index (χ1v) is 51.6. The van der Waals surface area contributed by atoms with Crippen LogP contribution in [-0.2, 0) is 90.0 Å². The van der Waals surface area contributed by atoms with Crippen LogP contribution >= 0.6 is 94.1 Å². The van der Waals surface area contributed by atoms with Crippen molar-refractivity contribution in [2.75, 3.05) is 9.80 Å². The Morgan fingerprint density at radius 2 is 0.486 bits per heavy atom. The molecule has 10 nitrogen and oxygen atoms in total. The number of rotatable bonds is 6. The van der Waals surface area contributed by atoms with Crippen LogP contribution in [0.25, 0.3) is 88.6 Å². The summed E-state index contributed by atoms with van der Waals surface area (Å²) in [5.41, 5.74) is 28.0. The van der Waals surface area contributed by atoms with Gasteiger partial charge >= 0.3 is 0 Å². The second-order valence-electron chi connectivity index (χ2n) is 33.8. The maximum absolute atomic E-state index is 10.0. The van der Waals surface area contributed by atoms with Gasteiger partial charge in [-0.15, -0.1) is 176 Å². The third-order valence-electron chi connectivity index (χ3n) is 24.4. The zero-order chi connectivity index (χ0) is 93.2. The first-order valence-electron chi connectivity index (χ1n) is 45.0. The van der Waals surface area contributed by atoms with E-state index in [9.17, 15) is 9.59 Å². The summed E-state index contributed by atoms with van der Waals surface area (Å²) >= 11 is 14.7. The van der Waals surface area contributed by atoms with Gasteiger partial charge in [0.2, 0.25) is 0 Å². The van der Waals surface area contributed by atoms with Crippen molar-refractivity contribution in [1.29, 1.82) is 0 Å².